The lowest BCUT2D eigenvalue weighted by molar-refractivity contribution is -0.236. The van der Waals surface area contributed by atoms with E-state index < -0.39 is 18.2 Å². The molecule has 2 saturated heterocycles. The van der Waals surface area contributed by atoms with Crippen LogP contribution in [0.15, 0.2) is 0 Å². The van der Waals surface area contributed by atoms with Crippen LogP contribution in [-0.2, 0) is 18.9 Å². The Balaban J connectivity index is 2.14. The second-order valence-electron chi connectivity index (χ2n) is 4.75. The lowest BCUT2D eigenvalue weighted by Crippen LogP contribution is -2.38. The fourth-order valence-electron chi connectivity index (χ4n) is 2.32. The molecule has 0 aromatic carbocycles. The maximum atomic E-state index is 9.87. The predicted molar refractivity (Wildman–Crippen MR) is 55.8 cm³/mol. The van der Waals surface area contributed by atoms with E-state index in [0.29, 0.717) is 6.42 Å². The summed E-state index contributed by atoms with van der Waals surface area (Å²) in [5.41, 5.74) is 0. The summed E-state index contributed by atoms with van der Waals surface area (Å²) >= 11 is 0. The molecule has 0 amide bonds. The zero-order chi connectivity index (χ0) is 11.9. The molecule has 2 rings (SSSR count). The summed E-state index contributed by atoms with van der Waals surface area (Å²) in [5, 5.41) is 9.87. The number of hydrogen-bond donors (Lipinski definition) is 1. The van der Waals surface area contributed by atoms with E-state index in [0.717, 1.165) is 0 Å². The van der Waals surface area contributed by atoms with E-state index in [2.05, 4.69) is 0 Å². The van der Waals surface area contributed by atoms with Crippen molar-refractivity contribution in [2.75, 3.05) is 7.11 Å². The van der Waals surface area contributed by atoms with Crippen LogP contribution in [-0.4, -0.2) is 48.7 Å². The number of methoxy groups -OCH3 is 1. The van der Waals surface area contributed by atoms with Gasteiger partial charge in [0.05, 0.1) is 6.10 Å². The first kappa shape index (κ1) is 12.3. The number of rotatable bonds is 3. The zero-order valence-electron chi connectivity index (χ0n) is 10.2. The van der Waals surface area contributed by atoms with Gasteiger partial charge in [-0.2, -0.15) is 0 Å². The quantitative estimate of drug-likeness (QED) is 0.774. The van der Waals surface area contributed by atoms with Gasteiger partial charge in [0.2, 0.25) is 0 Å². The van der Waals surface area contributed by atoms with Crippen molar-refractivity contribution < 1.29 is 24.1 Å². The Morgan fingerprint density at radius 2 is 1.94 bits per heavy atom. The second-order valence-corrected chi connectivity index (χ2v) is 4.75. The second kappa shape index (κ2) is 4.23. The maximum absolute atomic E-state index is 9.87. The first-order chi connectivity index (χ1) is 7.48. The van der Waals surface area contributed by atoms with Crippen LogP contribution >= 0.6 is 0 Å². The van der Waals surface area contributed by atoms with Crippen molar-refractivity contribution in [1.29, 1.82) is 0 Å². The van der Waals surface area contributed by atoms with E-state index in [1.165, 1.54) is 0 Å². The Kier molecular flexibility index (Phi) is 3.25. The monoisotopic (exact) mass is 232 g/mol. The van der Waals surface area contributed by atoms with Gasteiger partial charge < -0.3 is 24.1 Å². The van der Waals surface area contributed by atoms with Crippen molar-refractivity contribution in [3.05, 3.63) is 0 Å². The van der Waals surface area contributed by atoms with Gasteiger partial charge in [-0.15, -0.1) is 0 Å². The Morgan fingerprint density at radius 3 is 2.50 bits per heavy atom. The third-order valence-corrected chi connectivity index (χ3v) is 3.08. The maximum Gasteiger partial charge on any atom is 0.186 e. The molecular formula is C11H20O5. The van der Waals surface area contributed by atoms with Crippen LogP contribution in [0, 0.1) is 0 Å². The molecule has 5 nitrogen and oxygen atoms in total. The number of hydrogen-bond acceptors (Lipinski definition) is 5. The van der Waals surface area contributed by atoms with Crippen molar-refractivity contribution in [3.63, 3.8) is 0 Å². The lowest BCUT2D eigenvalue weighted by Gasteiger charge is -2.25. The highest BCUT2D eigenvalue weighted by Crippen LogP contribution is 2.40. The van der Waals surface area contributed by atoms with Crippen molar-refractivity contribution in [2.45, 2.75) is 63.7 Å². The number of aliphatic hydroxyl groups excluding tert-OH is 1. The average Bonchev–Trinajstić information content (AvgIpc) is 2.69. The summed E-state index contributed by atoms with van der Waals surface area (Å²) < 4.78 is 22.3. The Bertz CT molecular complexity index is 255. The van der Waals surface area contributed by atoms with Crippen LogP contribution in [0.1, 0.15) is 27.2 Å². The fraction of sp³-hybridized carbons (Fsp3) is 1.00. The van der Waals surface area contributed by atoms with Crippen LogP contribution in [0.4, 0.5) is 0 Å². The van der Waals surface area contributed by atoms with E-state index in [-0.39, 0.29) is 18.3 Å². The molecule has 0 spiro atoms. The number of ether oxygens (including phenoxy) is 4. The Hall–Kier alpha value is -0.200. The van der Waals surface area contributed by atoms with Crippen LogP contribution < -0.4 is 0 Å². The number of fused-ring (bicyclic) bond motifs is 1. The Labute approximate surface area is 95.6 Å². The summed E-state index contributed by atoms with van der Waals surface area (Å²) in [6.45, 7) is 5.62. The van der Waals surface area contributed by atoms with Gasteiger partial charge in [0.25, 0.3) is 0 Å². The highest BCUT2D eigenvalue weighted by atomic mass is 16.8. The highest BCUT2D eigenvalue weighted by molar-refractivity contribution is 4.97. The van der Waals surface area contributed by atoms with Gasteiger partial charge in [0, 0.05) is 7.11 Å². The molecule has 0 aliphatic carbocycles. The van der Waals surface area contributed by atoms with Crippen LogP contribution in [0.25, 0.3) is 0 Å². The summed E-state index contributed by atoms with van der Waals surface area (Å²) in [7, 11) is 1.57. The average molecular weight is 232 g/mol. The Morgan fingerprint density at radius 1 is 1.31 bits per heavy atom. The molecule has 5 unspecified atom stereocenters. The molecule has 1 N–H and O–H groups in total. The van der Waals surface area contributed by atoms with Gasteiger partial charge in [0.15, 0.2) is 12.1 Å². The van der Waals surface area contributed by atoms with E-state index in [1.807, 2.05) is 20.8 Å². The van der Waals surface area contributed by atoms with Crippen molar-refractivity contribution in [3.8, 4) is 0 Å². The van der Waals surface area contributed by atoms with Crippen molar-refractivity contribution >= 4 is 0 Å². The molecule has 0 bridgehead atoms. The lowest BCUT2D eigenvalue weighted by atomic mass is 10.0. The molecule has 94 valence electrons. The van der Waals surface area contributed by atoms with Crippen LogP contribution in [0.3, 0.4) is 0 Å². The van der Waals surface area contributed by atoms with Crippen molar-refractivity contribution in [2.24, 2.45) is 0 Å². The van der Waals surface area contributed by atoms with Gasteiger partial charge in [0.1, 0.15) is 18.3 Å². The first-order valence-electron chi connectivity index (χ1n) is 5.70. The molecular weight excluding hydrogens is 212 g/mol. The van der Waals surface area contributed by atoms with Gasteiger partial charge in [-0.3, -0.25) is 0 Å². The number of aliphatic hydroxyl groups is 1. The first-order valence-corrected chi connectivity index (χ1v) is 5.70. The van der Waals surface area contributed by atoms with Crippen LogP contribution in [0.2, 0.25) is 0 Å². The molecule has 5 atom stereocenters. The minimum absolute atomic E-state index is 0.255. The highest BCUT2D eigenvalue weighted by Gasteiger charge is 2.56. The van der Waals surface area contributed by atoms with Crippen molar-refractivity contribution in [1.82, 2.24) is 0 Å². The van der Waals surface area contributed by atoms with E-state index in [9.17, 15) is 5.11 Å². The summed E-state index contributed by atoms with van der Waals surface area (Å²) in [6, 6.07) is 0. The molecule has 2 aliphatic heterocycles. The minimum atomic E-state index is -0.637. The standard InChI is InChI=1S/C11H20O5/c1-5-6(12)7-8-9(10(13-4)14-7)16-11(2,3)15-8/h6-10,12H,5H2,1-4H3. The molecule has 16 heavy (non-hydrogen) atoms. The molecule has 0 saturated carbocycles. The smallest absolute Gasteiger partial charge is 0.186 e. The molecule has 2 fully saturated rings. The van der Waals surface area contributed by atoms with Crippen LogP contribution in [0.5, 0.6) is 0 Å². The van der Waals surface area contributed by atoms with Gasteiger partial charge in [-0.25, -0.2) is 0 Å². The summed E-state index contributed by atoms with van der Waals surface area (Å²) in [6.07, 6.45) is -1.28. The van der Waals surface area contributed by atoms with E-state index in [1.54, 1.807) is 7.11 Å². The molecule has 2 aliphatic rings. The summed E-state index contributed by atoms with van der Waals surface area (Å²) in [5.74, 6) is -0.637. The predicted octanol–water partition coefficient (Wildman–Crippen LogP) is 0.649. The molecule has 0 radical (unpaired) electrons. The molecule has 5 heteroatoms. The van der Waals surface area contributed by atoms with Gasteiger partial charge >= 0.3 is 0 Å². The minimum Gasteiger partial charge on any atom is -0.390 e. The van der Waals surface area contributed by atoms with Gasteiger partial charge in [-0.05, 0) is 20.3 Å². The van der Waals surface area contributed by atoms with E-state index >= 15 is 0 Å². The topological polar surface area (TPSA) is 57.2 Å². The van der Waals surface area contributed by atoms with E-state index in [4.69, 9.17) is 18.9 Å². The fourth-order valence-corrected chi connectivity index (χ4v) is 2.32. The molecule has 0 aromatic rings. The summed E-state index contributed by atoms with van der Waals surface area (Å²) in [4.78, 5) is 0. The van der Waals surface area contributed by atoms with Gasteiger partial charge in [-0.1, -0.05) is 6.92 Å². The third-order valence-electron chi connectivity index (χ3n) is 3.08. The SMILES string of the molecule is CCC(O)C1OC(OC)C2OC(C)(C)OC12. The molecule has 0 aromatic heterocycles. The zero-order valence-corrected chi connectivity index (χ0v) is 10.2. The molecule has 2 heterocycles. The third kappa shape index (κ3) is 1.98. The normalized spacial score (nSPS) is 43.3. The largest absolute Gasteiger partial charge is 0.390 e.